The molecule has 6 nitrogen and oxygen atoms in total. The predicted octanol–water partition coefficient (Wildman–Crippen LogP) is 5.81. The van der Waals surface area contributed by atoms with Crippen molar-refractivity contribution < 1.29 is 4.79 Å². The minimum atomic E-state index is -0.116. The van der Waals surface area contributed by atoms with E-state index in [1.165, 1.54) is 11.8 Å². The molecule has 0 aliphatic carbocycles. The molecule has 31 heavy (non-hydrogen) atoms. The highest BCUT2D eigenvalue weighted by Crippen LogP contribution is 2.27. The Bertz CT molecular complexity index is 1180. The predicted molar refractivity (Wildman–Crippen MR) is 129 cm³/mol. The van der Waals surface area contributed by atoms with Gasteiger partial charge in [0.05, 0.1) is 17.1 Å². The maximum Gasteiger partial charge on any atom is 0.234 e. The lowest BCUT2D eigenvalue weighted by Gasteiger charge is -2.12. The first kappa shape index (κ1) is 21.1. The number of carbonyl (C=O) groups is 1. The summed E-state index contributed by atoms with van der Waals surface area (Å²) in [6.45, 7) is 2.00. The smallest absolute Gasteiger partial charge is 0.234 e. The second-order valence-corrected chi connectivity index (χ2v) is 8.59. The second kappa shape index (κ2) is 9.80. The average Bonchev–Trinajstić information content (AvgIpc) is 3.18. The summed E-state index contributed by atoms with van der Waals surface area (Å²) in [6, 6.07) is 25.4. The first-order chi connectivity index (χ1) is 15.1. The Hall–Kier alpha value is -3.10. The number of carbonyl (C=O) groups excluding carboxylic acids is 1. The minimum Gasteiger partial charge on any atom is -0.324 e. The molecule has 0 saturated heterocycles. The molecule has 0 fully saturated rings. The number of thioether (sulfide) groups is 1. The summed E-state index contributed by atoms with van der Waals surface area (Å²) in [5.41, 5.74) is 3.68. The molecule has 0 radical (unpaired) electrons. The van der Waals surface area contributed by atoms with Crippen LogP contribution in [0.25, 0.3) is 5.69 Å². The number of hydrogen-bond acceptors (Lipinski definition) is 5. The van der Waals surface area contributed by atoms with Crippen molar-refractivity contribution in [3.8, 4) is 5.69 Å². The fourth-order valence-corrected chi connectivity index (χ4v) is 4.29. The Morgan fingerprint density at radius 2 is 1.71 bits per heavy atom. The molecular weight excluding hydrogens is 474 g/mol. The van der Waals surface area contributed by atoms with Crippen LogP contribution >= 0.6 is 27.7 Å². The molecule has 156 valence electrons. The lowest BCUT2D eigenvalue weighted by atomic mass is 10.2. The van der Waals surface area contributed by atoms with Crippen molar-refractivity contribution in [3.63, 3.8) is 0 Å². The molecule has 8 heteroatoms. The van der Waals surface area contributed by atoms with Gasteiger partial charge < -0.3 is 10.6 Å². The van der Waals surface area contributed by atoms with Crippen molar-refractivity contribution in [2.24, 2.45) is 0 Å². The van der Waals surface area contributed by atoms with E-state index in [1.54, 1.807) is 0 Å². The molecule has 4 aromatic rings. The zero-order chi connectivity index (χ0) is 21.6. The third-order valence-corrected chi connectivity index (χ3v) is 5.99. The molecule has 0 spiro atoms. The van der Waals surface area contributed by atoms with E-state index in [1.807, 2.05) is 90.4 Å². The number of nitrogens with zero attached hydrogens (tertiary/aromatic N) is 3. The normalized spacial score (nSPS) is 10.6. The number of nitrogens with one attached hydrogen (secondary N) is 2. The van der Waals surface area contributed by atoms with E-state index in [-0.39, 0.29) is 11.7 Å². The van der Waals surface area contributed by atoms with Gasteiger partial charge in [0.2, 0.25) is 11.9 Å². The minimum absolute atomic E-state index is 0.116. The maximum atomic E-state index is 12.5. The van der Waals surface area contributed by atoms with Crippen LogP contribution in [0.1, 0.15) is 5.56 Å². The molecule has 3 aromatic carbocycles. The van der Waals surface area contributed by atoms with E-state index >= 15 is 0 Å². The molecule has 0 atom stereocenters. The quantitative estimate of drug-likeness (QED) is 0.317. The van der Waals surface area contributed by atoms with Crippen LogP contribution < -0.4 is 10.6 Å². The Morgan fingerprint density at radius 3 is 2.42 bits per heavy atom. The molecule has 0 aliphatic heterocycles. The summed E-state index contributed by atoms with van der Waals surface area (Å²) in [5.74, 6) is 0.674. The van der Waals surface area contributed by atoms with Gasteiger partial charge in [-0.15, -0.1) is 10.2 Å². The highest BCUT2D eigenvalue weighted by molar-refractivity contribution is 9.10. The number of anilines is 3. The molecule has 4 rings (SSSR count). The number of para-hydroxylation sites is 2. The molecule has 0 aliphatic rings. The number of amides is 1. The average molecular weight is 494 g/mol. The zero-order valence-corrected chi connectivity index (χ0v) is 19.2. The fraction of sp³-hybridized carbons (Fsp3) is 0.0870. The van der Waals surface area contributed by atoms with Crippen LogP contribution in [0, 0.1) is 6.92 Å². The largest absolute Gasteiger partial charge is 0.324 e. The number of aromatic nitrogens is 3. The van der Waals surface area contributed by atoms with E-state index in [9.17, 15) is 4.79 Å². The van der Waals surface area contributed by atoms with Crippen LogP contribution in [-0.2, 0) is 4.79 Å². The van der Waals surface area contributed by atoms with E-state index in [0.29, 0.717) is 11.1 Å². The molecule has 1 amide bonds. The first-order valence-corrected chi connectivity index (χ1v) is 11.4. The Labute approximate surface area is 193 Å². The van der Waals surface area contributed by atoms with Crippen LogP contribution in [0.2, 0.25) is 0 Å². The summed E-state index contributed by atoms with van der Waals surface area (Å²) in [7, 11) is 0. The summed E-state index contributed by atoms with van der Waals surface area (Å²) >= 11 is 4.82. The number of rotatable bonds is 7. The van der Waals surface area contributed by atoms with Crippen LogP contribution in [0.5, 0.6) is 0 Å². The SMILES string of the molecule is Cc1ccc(NC(=O)CSc2nnc(Nc3ccccc3)n2-c2ccccc2)c(Br)c1. The highest BCUT2D eigenvalue weighted by Gasteiger charge is 2.16. The van der Waals surface area contributed by atoms with Crippen molar-refractivity contribution in [3.05, 3.63) is 88.9 Å². The van der Waals surface area contributed by atoms with Gasteiger partial charge in [-0.1, -0.05) is 54.2 Å². The van der Waals surface area contributed by atoms with E-state index in [4.69, 9.17) is 0 Å². The second-order valence-electron chi connectivity index (χ2n) is 6.79. The van der Waals surface area contributed by atoms with Crippen LogP contribution in [-0.4, -0.2) is 26.4 Å². The van der Waals surface area contributed by atoms with Gasteiger partial charge in [0.1, 0.15) is 0 Å². The monoisotopic (exact) mass is 493 g/mol. The number of hydrogen-bond donors (Lipinski definition) is 2. The van der Waals surface area contributed by atoms with Gasteiger partial charge in [-0.3, -0.25) is 9.36 Å². The lowest BCUT2D eigenvalue weighted by Crippen LogP contribution is -2.15. The first-order valence-electron chi connectivity index (χ1n) is 9.62. The van der Waals surface area contributed by atoms with E-state index < -0.39 is 0 Å². The van der Waals surface area contributed by atoms with E-state index in [2.05, 4.69) is 36.8 Å². The van der Waals surface area contributed by atoms with Gasteiger partial charge in [0.15, 0.2) is 5.16 Å². The molecule has 0 saturated carbocycles. The van der Waals surface area contributed by atoms with Crippen molar-refractivity contribution in [2.45, 2.75) is 12.1 Å². The number of halogens is 1. The molecule has 2 N–H and O–H groups in total. The number of aryl methyl sites for hydroxylation is 1. The van der Waals surface area contributed by atoms with Gasteiger partial charge in [-0.25, -0.2) is 0 Å². The third-order valence-electron chi connectivity index (χ3n) is 4.41. The summed E-state index contributed by atoms with van der Waals surface area (Å²) in [5, 5.41) is 15.5. The summed E-state index contributed by atoms with van der Waals surface area (Å²) in [4.78, 5) is 12.5. The summed E-state index contributed by atoms with van der Waals surface area (Å²) in [6.07, 6.45) is 0. The highest BCUT2D eigenvalue weighted by atomic mass is 79.9. The van der Waals surface area contributed by atoms with Crippen LogP contribution in [0.3, 0.4) is 0 Å². The Morgan fingerprint density at radius 1 is 1.00 bits per heavy atom. The molecule has 1 aromatic heterocycles. The van der Waals surface area contributed by atoms with Crippen molar-refractivity contribution >= 4 is 50.9 Å². The van der Waals surface area contributed by atoms with Crippen LogP contribution in [0.4, 0.5) is 17.3 Å². The zero-order valence-electron chi connectivity index (χ0n) is 16.7. The van der Waals surface area contributed by atoms with E-state index in [0.717, 1.165) is 27.1 Å². The van der Waals surface area contributed by atoms with Gasteiger partial charge in [0.25, 0.3) is 0 Å². The molecule has 1 heterocycles. The standard InChI is InChI=1S/C23H20BrN5OS/c1-16-12-13-20(19(24)14-16)26-21(30)15-31-23-28-27-22(25-17-8-4-2-5-9-17)29(23)18-10-6-3-7-11-18/h2-14H,15H2,1H3,(H,25,27)(H,26,30). The molecule has 0 bridgehead atoms. The molecule has 0 unspecified atom stereocenters. The third kappa shape index (κ3) is 5.34. The maximum absolute atomic E-state index is 12.5. The summed E-state index contributed by atoms with van der Waals surface area (Å²) < 4.78 is 2.76. The number of benzene rings is 3. The lowest BCUT2D eigenvalue weighted by molar-refractivity contribution is -0.113. The Kier molecular flexibility index (Phi) is 6.69. The fourth-order valence-electron chi connectivity index (χ4n) is 2.94. The molecular formula is C23H20BrN5OS. The van der Waals surface area contributed by atoms with Crippen LogP contribution in [0.15, 0.2) is 88.5 Å². The van der Waals surface area contributed by atoms with Gasteiger partial charge >= 0.3 is 0 Å². The van der Waals surface area contributed by atoms with Gasteiger partial charge in [0, 0.05) is 10.2 Å². The van der Waals surface area contributed by atoms with Crippen molar-refractivity contribution in [1.29, 1.82) is 0 Å². The van der Waals surface area contributed by atoms with Crippen molar-refractivity contribution in [1.82, 2.24) is 14.8 Å². The van der Waals surface area contributed by atoms with Gasteiger partial charge in [-0.2, -0.15) is 0 Å². The van der Waals surface area contributed by atoms with Crippen molar-refractivity contribution in [2.75, 3.05) is 16.4 Å². The topological polar surface area (TPSA) is 71.8 Å². The Balaban J connectivity index is 1.53. The van der Waals surface area contributed by atoms with Gasteiger partial charge in [-0.05, 0) is 64.8 Å².